The molecule has 0 radical (unpaired) electrons. The van der Waals surface area contributed by atoms with Gasteiger partial charge in [-0.1, -0.05) is 6.92 Å². The molecule has 0 fully saturated rings. The molecule has 0 rings (SSSR count). The highest BCUT2D eigenvalue weighted by molar-refractivity contribution is 7.81. The van der Waals surface area contributed by atoms with Crippen LogP contribution in [0.2, 0.25) is 0 Å². The Bertz CT molecular complexity index is 228. The van der Waals surface area contributed by atoms with Gasteiger partial charge in [-0.25, -0.2) is 4.79 Å². The van der Waals surface area contributed by atoms with E-state index >= 15 is 0 Å². The highest BCUT2D eigenvalue weighted by Gasteiger charge is 2.36. The summed E-state index contributed by atoms with van der Waals surface area (Å²) in [6.07, 6.45) is 0.649. The molecule has 0 aromatic rings. The van der Waals surface area contributed by atoms with Crippen LogP contribution in [0.25, 0.3) is 0 Å². The van der Waals surface area contributed by atoms with Crippen molar-refractivity contribution in [2.75, 3.05) is 7.11 Å². The van der Waals surface area contributed by atoms with Crippen molar-refractivity contribution in [3.63, 3.8) is 0 Å². The zero-order chi connectivity index (χ0) is 11.4. The van der Waals surface area contributed by atoms with Gasteiger partial charge in [0.25, 0.3) is 0 Å². The molecular weight excluding hydrogens is 202 g/mol. The summed E-state index contributed by atoms with van der Waals surface area (Å²) < 4.78 is 4.00. The zero-order valence-electron chi connectivity index (χ0n) is 8.96. The molecule has 0 aliphatic heterocycles. The van der Waals surface area contributed by atoms with E-state index in [0.717, 1.165) is 0 Å². The van der Waals surface area contributed by atoms with E-state index in [0.29, 0.717) is 6.42 Å². The lowest BCUT2D eigenvalue weighted by Crippen LogP contribution is -2.52. The SMILES string of the molecule is CC[C@@](C)(S)[C@H](NC(C)=O)C(=O)OC. The molecule has 5 heteroatoms. The standard InChI is InChI=1S/C9H17NO3S/c1-5-9(3,14)7(8(12)13-4)10-6(2)11/h7,14H,5H2,1-4H3,(H,10,11)/t7-,9-/m1/s1. The van der Waals surface area contributed by atoms with Gasteiger partial charge in [-0.3, -0.25) is 4.79 Å². The molecule has 0 aliphatic carbocycles. The molecule has 0 saturated carbocycles. The van der Waals surface area contributed by atoms with E-state index in [1.54, 1.807) is 6.92 Å². The summed E-state index contributed by atoms with van der Waals surface area (Å²) in [6, 6.07) is -0.710. The van der Waals surface area contributed by atoms with Crippen molar-refractivity contribution in [3.8, 4) is 0 Å². The number of rotatable bonds is 4. The number of carbonyl (C=O) groups is 2. The van der Waals surface area contributed by atoms with Gasteiger partial charge in [0.05, 0.1) is 7.11 Å². The van der Waals surface area contributed by atoms with Gasteiger partial charge in [0.15, 0.2) is 0 Å². The molecule has 0 heterocycles. The number of hydrogen-bond donors (Lipinski definition) is 2. The van der Waals surface area contributed by atoms with Crippen LogP contribution in [0.4, 0.5) is 0 Å². The molecule has 0 aromatic carbocycles. The lowest BCUT2D eigenvalue weighted by Gasteiger charge is -2.30. The van der Waals surface area contributed by atoms with Crippen molar-refractivity contribution >= 4 is 24.5 Å². The molecule has 0 bridgehead atoms. The minimum absolute atomic E-state index is 0.269. The number of amides is 1. The summed E-state index contributed by atoms with van der Waals surface area (Å²) in [4.78, 5) is 22.3. The third-order valence-electron chi connectivity index (χ3n) is 2.12. The fourth-order valence-corrected chi connectivity index (χ4v) is 1.16. The van der Waals surface area contributed by atoms with Gasteiger partial charge < -0.3 is 10.1 Å². The van der Waals surface area contributed by atoms with Gasteiger partial charge in [0.2, 0.25) is 5.91 Å². The van der Waals surface area contributed by atoms with Crippen LogP contribution in [0.5, 0.6) is 0 Å². The van der Waals surface area contributed by atoms with E-state index in [1.165, 1.54) is 14.0 Å². The van der Waals surface area contributed by atoms with Crippen LogP contribution in [0.1, 0.15) is 27.2 Å². The van der Waals surface area contributed by atoms with E-state index in [2.05, 4.69) is 22.7 Å². The summed E-state index contributed by atoms with van der Waals surface area (Å²) in [7, 11) is 1.29. The molecule has 1 N–H and O–H groups in total. The molecule has 2 atom stereocenters. The maximum Gasteiger partial charge on any atom is 0.329 e. The van der Waals surface area contributed by atoms with Crippen molar-refractivity contribution in [1.82, 2.24) is 5.32 Å². The molecule has 14 heavy (non-hydrogen) atoms. The molecule has 0 aromatic heterocycles. The van der Waals surface area contributed by atoms with Gasteiger partial charge in [-0.05, 0) is 13.3 Å². The predicted octanol–water partition coefficient (Wildman–Crippen LogP) is 0.763. The number of hydrogen-bond acceptors (Lipinski definition) is 4. The van der Waals surface area contributed by atoms with E-state index in [-0.39, 0.29) is 5.91 Å². The zero-order valence-corrected chi connectivity index (χ0v) is 9.85. The van der Waals surface area contributed by atoms with Crippen LogP contribution in [0.15, 0.2) is 0 Å². The fraction of sp³-hybridized carbons (Fsp3) is 0.778. The number of carbonyl (C=O) groups excluding carboxylic acids is 2. The molecule has 0 spiro atoms. The van der Waals surface area contributed by atoms with Crippen LogP contribution in [0, 0.1) is 0 Å². The Balaban J connectivity index is 4.71. The lowest BCUT2D eigenvalue weighted by molar-refractivity contribution is -0.145. The first-order chi connectivity index (χ1) is 6.35. The maximum atomic E-state index is 11.4. The van der Waals surface area contributed by atoms with Crippen LogP contribution in [0.3, 0.4) is 0 Å². The first-order valence-corrected chi connectivity index (χ1v) is 4.87. The largest absolute Gasteiger partial charge is 0.467 e. The quantitative estimate of drug-likeness (QED) is 0.542. The molecular formula is C9H17NO3S. The highest BCUT2D eigenvalue weighted by atomic mass is 32.1. The molecule has 0 saturated heterocycles. The van der Waals surface area contributed by atoms with Gasteiger partial charge in [-0.2, -0.15) is 12.6 Å². The summed E-state index contributed by atoms with van der Waals surface area (Å²) >= 11 is 4.33. The molecule has 82 valence electrons. The van der Waals surface area contributed by atoms with Crippen molar-refractivity contribution in [2.45, 2.75) is 38.0 Å². The number of ether oxygens (including phenoxy) is 1. The molecule has 0 aliphatic rings. The van der Waals surface area contributed by atoms with Crippen molar-refractivity contribution in [1.29, 1.82) is 0 Å². The Morgan fingerprint density at radius 1 is 1.57 bits per heavy atom. The van der Waals surface area contributed by atoms with Crippen LogP contribution < -0.4 is 5.32 Å². The number of thiol groups is 1. The summed E-state index contributed by atoms with van der Waals surface area (Å²) in [6.45, 7) is 5.04. The average Bonchev–Trinajstić information content (AvgIpc) is 2.12. The predicted molar refractivity (Wildman–Crippen MR) is 57.3 cm³/mol. The Hall–Kier alpha value is -0.710. The van der Waals surface area contributed by atoms with Crippen molar-refractivity contribution in [2.24, 2.45) is 0 Å². The van der Waals surface area contributed by atoms with Crippen molar-refractivity contribution in [3.05, 3.63) is 0 Å². The first kappa shape index (κ1) is 13.3. The second-order valence-corrected chi connectivity index (χ2v) is 4.39. The number of nitrogens with one attached hydrogen (secondary N) is 1. The van der Waals surface area contributed by atoms with E-state index in [1.807, 2.05) is 6.92 Å². The normalized spacial score (nSPS) is 16.6. The Morgan fingerprint density at radius 2 is 2.07 bits per heavy atom. The monoisotopic (exact) mass is 219 g/mol. The summed E-state index contributed by atoms with van der Waals surface area (Å²) in [5.41, 5.74) is 0. The topological polar surface area (TPSA) is 55.4 Å². The highest BCUT2D eigenvalue weighted by Crippen LogP contribution is 2.23. The number of esters is 1. The van der Waals surface area contributed by atoms with E-state index in [4.69, 9.17) is 0 Å². The van der Waals surface area contributed by atoms with Gasteiger partial charge in [0, 0.05) is 11.7 Å². The first-order valence-electron chi connectivity index (χ1n) is 4.42. The fourth-order valence-electron chi connectivity index (χ4n) is 0.994. The third-order valence-corrected chi connectivity index (χ3v) is 2.70. The molecule has 4 nitrogen and oxygen atoms in total. The Morgan fingerprint density at radius 3 is 2.36 bits per heavy atom. The minimum Gasteiger partial charge on any atom is -0.467 e. The average molecular weight is 219 g/mol. The Labute approximate surface area is 89.8 Å². The maximum absolute atomic E-state index is 11.4. The summed E-state index contributed by atoms with van der Waals surface area (Å²) in [5.74, 6) is -0.742. The van der Waals surface area contributed by atoms with E-state index < -0.39 is 16.8 Å². The molecule has 0 unspecified atom stereocenters. The number of methoxy groups -OCH3 is 1. The van der Waals surface area contributed by atoms with Crippen LogP contribution >= 0.6 is 12.6 Å². The minimum atomic E-state index is -0.710. The van der Waals surface area contributed by atoms with Crippen molar-refractivity contribution < 1.29 is 14.3 Å². The Kier molecular flexibility index (Phi) is 4.97. The van der Waals surface area contributed by atoms with E-state index in [9.17, 15) is 9.59 Å². The third kappa shape index (κ3) is 3.57. The molecule has 1 amide bonds. The second kappa shape index (κ2) is 5.24. The van der Waals surface area contributed by atoms with Gasteiger partial charge in [-0.15, -0.1) is 0 Å². The second-order valence-electron chi connectivity index (χ2n) is 3.37. The van der Waals surface area contributed by atoms with Crippen LogP contribution in [-0.2, 0) is 14.3 Å². The lowest BCUT2D eigenvalue weighted by atomic mass is 9.98. The van der Waals surface area contributed by atoms with Gasteiger partial charge >= 0.3 is 5.97 Å². The smallest absolute Gasteiger partial charge is 0.329 e. The van der Waals surface area contributed by atoms with Crippen LogP contribution in [-0.4, -0.2) is 29.8 Å². The summed E-state index contributed by atoms with van der Waals surface area (Å²) in [5, 5.41) is 2.53. The van der Waals surface area contributed by atoms with Gasteiger partial charge in [0.1, 0.15) is 6.04 Å².